The number of hydrogen-bond donors (Lipinski definition) is 5. The van der Waals surface area contributed by atoms with E-state index < -0.39 is 6.10 Å². The third kappa shape index (κ3) is 4.45. The number of amides is 1. The summed E-state index contributed by atoms with van der Waals surface area (Å²) in [7, 11) is 0. The Hall–Kier alpha value is -3.70. The van der Waals surface area contributed by atoms with E-state index in [0.717, 1.165) is 29.1 Å². The minimum absolute atomic E-state index is 0.191. The number of imidazole rings is 1. The summed E-state index contributed by atoms with van der Waals surface area (Å²) in [6.07, 6.45) is 5.06. The molecule has 170 valence electrons. The van der Waals surface area contributed by atoms with Crippen molar-refractivity contribution in [2.24, 2.45) is 0 Å². The lowest BCUT2D eigenvalue weighted by atomic mass is 10.2. The fourth-order valence-electron chi connectivity index (χ4n) is 3.38. The Kier molecular flexibility index (Phi) is 5.35. The third-order valence-electron chi connectivity index (χ3n) is 5.21. The molecule has 1 aliphatic rings. The number of carbonyl (C=O) groups is 1. The van der Waals surface area contributed by atoms with Gasteiger partial charge in [-0.05, 0) is 38.0 Å². The lowest BCUT2D eigenvalue weighted by molar-refractivity contribution is 0.0928. The molecule has 5 rings (SSSR count). The van der Waals surface area contributed by atoms with E-state index in [1.807, 2.05) is 12.1 Å². The molecule has 1 atom stereocenters. The molecular weight excluding hydrogens is 442 g/mol. The van der Waals surface area contributed by atoms with Crippen LogP contribution in [0.3, 0.4) is 0 Å². The molecule has 33 heavy (non-hydrogen) atoms. The van der Waals surface area contributed by atoms with Crippen molar-refractivity contribution < 1.29 is 9.90 Å². The normalized spacial score (nSPS) is 15.2. The van der Waals surface area contributed by atoms with Gasteiger partial charge in [-0.15, -0.1) is 11.3 Å². The second-order valence-electron chi connectivity index (χ2n) is 8.12. The maximum absolute atomic E-state index is 12.4. The number of rotatable bonds is 7. The average molecular weight is 466 g/mol. The highest BCUT2D eigenvalue weighted by molar-refractivity contribution is 7.17. The molecule has 1 unspecified atom stereocenters. The smallest absolute Gasteiger partial charge is 0.323 e. The highest BCUT2D eigenvalue weighted by atomic mass is 32.1. The molecular formula is C22H23N7O3S. The van der Waals surface area contributed by atoms with Crippen LogP contribution in [0.4, 0.5) is 5.82 Å². The Balaban J connectivity index is 1.57. The van der Waals surface area contributed by atoms with Crippen LogP contribution in [0, 0.1) is 0 Å². The van der Waals surface area contributed by atoms with Gasteiger partial charge in [0.15, 0.2) is 5.65 Å². The van der Waals surface area contributed by atoms with E-state index in [2.05, 4.69) is 32.3 Å². The monoisotopic (exact) mass is 465 g/mol. The minimum Gasteiger partial charge on any atom is -0.392 e. The molecule has 1 amide bonds. The van der Waals surface area contributed by atoms with Crippen molar-refractivity contribution in [3.8, 4) is 10.6 Å². The number of aromatic amines is 2. The lowest BCUT2D eigenvalue weighted by Gasteiger charge is -2.09. The van der Waals surface area contributed by atoms with Gasteiger partial charge in [0.1, 0.15) is 5.82 Å². The van der Waals surface area contributed by atoms with Gasteiger partial charge in [0.25, 0.3) is 5.91 Å². The van der Waals surface area contributed by atoms with Crippen LogP contribution >= 0.6 is 11.3 Å². The van der Waals surface area contributed by atoms with E-state index >= 15 is 0 Å². The van der Waals surface area contributed by atoms with Crippen LogP contribution in [-0.4, -0.2) is 54.3 Å². The van der Waals surface area contributed by atoms with Gasteiger partial charge < -0.3 is 25.7 Å². The van der Waals surface area contributed by atoms with Crippen LogP contribution in [0.2, 0.25) is 0 Å². The van der Waals surface area contributed by atoms with Crippen molar-refractivity contribution in [2.75, 3.05) is 11.9 Å². The van der Waals surface area contributed by atoms with Crippen LogP contribution < -0.4 is 27.0 Å². The van der Waals surface area contributed by atoms with Crippen molar-refractivity contribution in [2.45, 2.75) is 31.9 Å². The van der Waals surface area contributed by atoms with Gasteiger partial charge in [0.2, 0.25) is 0 Å². The summed E-state index contributed by atoms with van der Waals surface area (Å²) < 4.78 is 1.74. The first kappa shape index (κ1) is 21.2. The summed E-state index contributed by atoms with van der Waals surface area (Å²) in [6, 6.07) is 5.94. The van der Waals surface area contributed by atoms with Crippen molar-refractivity contribution in [3.63, 3.8) is 0 Å². The number of fused-ring (bicyclic) bond motifs is 1. The summed E-state index contributed by atoms with van der Waals surface area (Å²) in [5.74, 6) is 0.574. The number of carbonyl (C=O) groups excluding carboxylic acids is 1. The number of aromatic nitrogens is 5. The predicted octanol–water partition coefficient (Wildman–Crippen LogP) is 0.398. The predicted molar refractivity (Wildman–Crippen MR) is 127 cm³/mol. The van der Waals surface area contributed by atoms with Gasteiger partial charge in [-0.2, -0.15) is 9.61 Å². The van der Waals surface area contributed by atoms with Crippen LogP contribution in [-0.2, 0) is 0 Å². The molecule has 11 heteroatoms. The number of thiophene rings is 1. The summed E-state index contributed by atoms with van der Waals surface area (Å²) >= 11 is 1.33. The Morgan fingerprint density at radius 1 is 1.42 bits per heavy atom. The number of anilines is 1. The van der Waals surface area contributed by atoms with Crippen LogP contribution in [0.15, 0.2) is 29.2 Å². The molecule has 5 N–H and O–H groups in total. The quantitative estimate of drug-likeness (QED) is 0.268. The van der Waals surface area contributed by atoms with E-state index in [1.54, 1.807) is 29.8 Å². The first-order valence-corrected chi connectivity index (χ1v) is 11.4. The summed E-state index contributed by atoms with van der Waals surface area (Å²) in [6.45, 7) is 5.66. The molecule has 10 nitrogen and oxygen atoms in total. The summed E-state index contributed by atoms with van der Waals surface area (Å²) in [5.41, 5.74) is 1.72. The van der Waals surface area contributed by atoms with Crippen molar-refractivity contribution >= 4 is 41.4 Å². The van der Waals surface area contributed by atoms with Gasteiger partial charge in [-0.25, -0.2) is 9.78 Å². The summed E-state index contributed by atoms with van der Waals surface area (Å²) in [4.78, 5) is 35.5. The molecule has 0 aromatic carbocycles. The van der Waals surface area contributed by atoms with E-state index in [-0.39, 0.29) is 18.1 Å². The van der Waals surface area contributed by atoms with Gasteiger partial charge in [-0.3, -0.25) is 4.79 Å². The second kappa shape index (κ2) is 8.34. The van der Waals surface area contributed by atoms with Gasteiger partial charge in [0.05, 0.1) is 38.4 Å². The summed E-state index contributed by atoms with van der Waals surface area (Å²) in [5, 5.41) is 21.1. The first-order chi connectivity index (χ1) is 15.9. The zero-order chi connectivity index (χ0) is 23.1. The Bertz CT molecular complexity index is 1510. The topological polar surface area (TPSA) is 140 Å². The van der Waals surface area contributed by atoms with E-state index in [4.69, 9.17) is 4.98 Å². The van der Waals surface area contributed by atoms with Crippen molar-refractivity contribution in [1.82, 2.24) is 29.9 Å². The first-order valence-electron chi connectivity index (χ1n) is 10.6. The van der Waals surface area contributed by atoms with Gasteiger partial charge in [0, 0.05) is 24.2 Å². The number of H-pyrrole nitrogens is 2. The largest absolute Gasteiger partial charge is 0.392 e. The van der Waals surface area contributed by atoms with Crippen LogP contribution in [0.25, 0.3) is 28.9 Å². The zero-order valence-corrected chi connectivity index (χ0v) is 18.7. The fraction of sp³-hybridized carbons (Fsp3) is 0.273. The minimum atomic E-state index is -0.612. The molecule has 1 aliphatic carbocycles. The van der Waals surface area contributed by atoms with E-state index in [0.29, 0.717) is 33.0 Å². The molecule has 0 radical (unpaired) electrons. The standard InChI is InChI=1S/C22H23N7O3S/c1-11(30)9-23-21(31)18-6-5-17(33-18)16-8-19(26-14-3-4-14)29-20(27-16)13(10-24-29)7-15-12(2)25-22(32)28-15/h5-8,10-11,14,26,30H,2-4,9H2,1H3,(H,23,31)(H2,25,28,32)/b15-7-. The third-order valence-corrected chi connectivity index (χ3v) is 6.31. The van der Waals surface area contributed by atoms with Crippen LogP contribution in [0.1, 0.15) is 35.0 Å². The molecule has 0 aliphatic heterocycles. The van der Waals surface area contributed by atoms with Crippen molar-refractivity contribution in [1.29, 1.82) is 0 Å². The fourth-order valence-corrected chi connectivity index (χ4v) is 4.27. The molecule has 0 bridgehead atoms. The number of nitrogens with zero attached hydrogens (tertiary/aromatic N) is 3. The SMILES string of the molecule is C=c1[nH]c(=O)[nH]/c1=C\c1cnn2c(NC3CC3)cc(-c3ccc(C(=O)NCC(C)O)s3)nc12. The van der Waals surface area contributed by atoms with E-state index in [9.17, 15) is 14.7 Å². The maximum atomic E-state index is 12.4. The number of hydrogen-bond acceptors (Lipinski definition) is 7. The number of aliphatic hydroxyl groups excluding tert-OH is 1. The molecule has 4 heterocycles. The molecule has 4 aromatic rings. The van der Waals surface area contributed by atoms with Gasteiger partial charge in [-0.1, -0.05) is 6.58 Å². The van der Waals surface area contributed by atoms with Crippen LogP contribution in [0.5, 0.6) is 0 Å². The van der Waals surface area contributed by atoms with E-state index in [1.165, 1.54) is 11.3 Å². The molecule has 0 saturated heterocycles. The second-order valence-corrected chi connectivity index (χ2v) is 9.20. The molecule has 4 aromatic heterocycles. The Morgan fingerprint density at radius 2 is 2.24 bits per heavy atom. The molecule has 1 fully saturated rings. The highest BCUT2D eigenvalue weighted by Crippen LogP contribution is 2.32. The Labute approximate surface area is 191 Å². The van der Waals surface area contributed by atoms with Gasteiger partial charge >= 0.3 is 5.69 Å². The molecule has 1 saturated carbocycles. The zero-order valence-electron chi connectivity index (χ0n) is 17.9. The Morgan fingerprint density at radius 3 is 2.94 bits per heavy atom. The maximum Gasteiger partial charge on any atom is 0.323 e. The number of nitrogens with one attached hydrogen (secondary N) is 4. The molecule has 0 spiro atoms. The highest BCUT2D eigenvalue weighted by Gasteiger charge is 2.23. The van der Waals surface area contributed by atoms with Crippen molar-refractivity contribution in [3.05, 3.63) is 56.0 Å². The number of aliphatic hydroxyl groups is 1. The lowest BCUT2D eigenvalue weighted by Crippen LogP contribution is -2.29. The average Bonchev–Trinajstić information content (AvgIpc) is 3.16.